The Labute approximate surface area is 107 Å². The lowest BCUT2D eigenvalue weighted by molar-refractivity contribution is -0.105. The summed E-state index contributed by atoms with van der Waals surface area (Å²) < 4.78 is 0. The Morgan fingerprint density at radius 3 is 2.65 bits per heavy atom. The van der Waals surface area contributed by atoms with Crippen molar-refractivity contribution in [2.24, 2.45) is 17.3 Å². The van der Waals surface area contributed by atoms with Crippen LogP contribution in [0.4, 0.5) is 0 Å². The van der Waals surface area contributed by atoms with Gasteiger partial charge in [0.2, 0.25) is 0 Å². The van der Waals surface area contributed by atoms with Crippen molar-refractivity contribution in [3.63, 3.8) is 0 Å². The molecule has 0 saturated carbocycles. The standard InChI is InChI=1S/C16H28O/c1-5-6-7-8-9-16(4)10-13(2)14(3)15(11-16)12-17/h11-14H,5-10H2,1-4H3. The highest BCUT2D eigenvalue weighted by atomic mass is 16.1. The summed E-state index contributed by atoms with van der Waals surface area (Å²) in [4.78, 5) is 11.1. The van der Waals surface area contributed by atoms with Gasteiger partial charge in [-0.05, 0) is 35.7 Å². The molecule has 0 aromatic carbocycles. The molecule has 1 aliphatic carbocycles. The highest BCUT2D eigenvalue weighted by Crippen LogP contribution is 2.43. The molecule has 0 spiro atoms. The molecule has 0 N–H and O–H groups in total. The van der Waals surface area contributed by atoms with E-state index < -0.39 is 0 Å². The van der Waals surface area contributed by atoms with Crippen molar-refractivity contribution in [3.8, 4) is 0 Å². The summed E-state index contributed by atoms with van der Waals surface area (Å²) in [6, 6.07) is 0. The molecule has 1 nitrogen and oxygen atoms in total. The molecule has 0 amide bonds. The quantitative estimate of drug-likeness (QED) is 0.480. The summed E-state index contributed by atoms with van der Waals surface area (Å²) >= 11 is 0. The molecular formula is C16H28O. The smallest absolute Gasteiger partial charge is 0.146 e. The molecule has 0 fully saturated rings. The first-order valence-corrected chi connectivity index (χ1v) is 7.20. The van der Waals surface area contributed by atoms with E-state index in [0.717, 1.165) is 11.9 Å². The van der Waals surface area contributed by atoms with Crippen molar-refractivity contribution >= 4 is 6.29 Å². The fourth-order valence-corrected chi connectivity index (χ4v) is 3.10. The Morgan fingerprint density at radius 1 is 1.35 bits per heavy atom. The summed E-state index contributed by atoms with van der Waals surface area (Å²) in [7, 11) is 0. The monoisotopic (exact) mass is 236 g/mol. The van der Waals surface area contributed by atoms with Gasteiger partial charge in [-0.25, -0.2) is 0 Å². The van der Waals surface area contributed by atoms with E-state index in [0.29, 0.717) is 11.8 Å². The number of carbonyl (C=O) groups excluding carboxylic acids is 1. The second-order valence-corrected chi connectivity index (χ2v) is 6.20. The van der Waals surface area contributed by atoms with Crippen LogP contribution in [0, 0.1) is 17.3 Å². The predicted octanol–water partition coefficient (Wildman–Crippen LogP) is 4.76. The molecule has 0 aromatic heterocycles. The van der Waals surface area contributed by atoms with Gasteiger partial charge in [0, 0.05) is 0 Å². The Balaban J connectivity index is 2.61. The van der Waals surface area contributed by atoms with Crippen LogP contribution in [0.5, 0.6) is 0 Å². The first-order chi connectivity index (χ1) is 8.02. The molecule has 1 heteroatoms. The topological polar surface area (TPSA) is 17.1 Å². The molecule has 0 radical (unpaired) electrons. The normalized spacial score (nSPS) is 33.3. The molecule has 0 aliphatic heterocycles. The molecule has 1 rings (SSSR count). The number of allylic oxidation sites excluding steroid dienone is 2. The molecule has 1 aliphatic rings. The zero-order valence-electron chi connectivity index (χ0n) is 12.0. The predicted molar refractivity (Wildman–Crippen MR) is 74.0 cm³/mol. The van der Waals surface area contributed by atoms with Crippen LogP contribution in [0.15, 0.2) is 11.6 Å². The minimum Gasteiger partial charge on any atom is -0.298 e. The lowest BCUT2D eigenvalue weighted by Crippen LogP contribution is -2.28. The summed E-state index contributed by atoms with van der Waals surface area (Å²) in [5.41, 5.74) is 1.29. The maximum absolute atomic E-state index is 11.1. The van der Waals surface area contributed by atoms with Crippen LogP contribution in [0.1, 0.15) is 66.2 Å². The van der Waals surface area contributed by atoms with Gasteiger partial charge in [0.15, 0.2) is 0 Å². The summed E-state index contributed by atoms with van der Waals surface area (Å²) in [6.45, 7) is 9.04. The van der Waals surface area contributed by atoms with Gasteiger partial charge in [-0.2, -0.15) is 0 Å². The van der Waals surface area contributed by atoms with Crippen LogP contribution in [0.2, 0.25) is 0 Å². The van der Waals surface area contributed by atoms with Crippen molar-refractivity contribution in [1.82, 2.24) is 0 Å². The van der Waals surface area contributed by atoms with Gasteiger partial charge in [0.05, 0.1) is 0 Å². The highest BCUT2D eigenvalue weighted by molar-refractivity contribution is 5.74. The fraction of sp³-hybridized carbons (Fsp3) is 0.812. The third-order valence-electron chi connectivity index (χ3n) is 4.42. The van der Waals surface area contributed by atoms with Crippen molar-refractivity contribution in [3.05, 3.63) is 11.6 Å². The molecule has 0 heterocycles. The van der Waals surface area contributed by atoms with E-state index in [1.54, 1.807) is 0 Å². The number of unbranched alkanes of at least 4 members (excludes halogenated alkanes) is 3. The van der Waals surface area contributed by atoms with Gasteiger partial charge < -0.3 is 0 Å². The second-order valence-electron chi connectivity index (χ2n) is 6.20. The number of hydrogen-bond acceptors (Lipinski definition) is 1. The van der Waals surface area contributed by atoms with E-state index in [9.17, 15) is 4.79 Å². The Kier molecular flexibility index (Phi) is 5.42. The van der Waals surface area contributed by atoms with Gasteiger partial charge in [-0.3, -0.25) is 4.79 Å². The van der Waals surface area contributed by atoms with E-state index in [1.165, 1.54) is 38.5 Å². The molecule has 0 bridgehead atoms. The van der Waals surface area contributed by atoms with Crippen LogP contribution >= 0.6 is 0 Å². The highest BCUT2D eigenvalue weighted by Gasteiger charge is 2.33. The second kappa shape index (κ2) is 6.37. The number of aldehydes is 1. The van der Waals surface area contributed by atoms with Gasteiger partial charge >= 0.3 is 0 Å². The largest absolute Gasteiger partial charge is 0.298 e. The molecule has 0 saturated heterocycles. The summed E-state index contributed by atoms with van der Waals surface area (Å²) in [5, 5.41) is 0. The van der Waals surface area contributed by atoms with Crippen molar-refractivity contribution in [2.75, 3.05) is 0 Å². The average molecular weight is 236 g/mol. The van der Waals surface area contributed by atoms with Crippen LogP contribution in [0.25, 0.3) is 0 Å². The minimum atomic E-state index is 0.260. The summed E-state index contributed by atoms with van der Waals surface area (Å²) in [5.74, 6) is 1.08. The molecule has 0 aromatic rings. The maximum Gasteiger partial charge on any atom is 0.146 e. The Bertz CT molecular complexity index is 279. The van der Waals surface area contributed by atoms with E-state index in [2.05, 4.69) is 33.8 Å². The van der Waals surface area contributed by atoms with E-state index >= 15 is 0 Å². The van der Waals surface area contributed by atoms with E-state index in [1.807, 2.05) is 0 Å². The lowest BCUT2D eigenvalue weighted by atomic mass is 9.67. The zero-order valence-corrected chi connectivity index (χ0v) is 12.0. The van der Waals surface area contributed by atoms with Gasteiger partial charge in [-0.1, -0.05) is 59.5 Å². The number of hydrogen-bond donors (Lipinski definition) is 0. The zero-order chi connectivity index (χ0) is 12.9. The van der Waals surface area contributed by atoms with Gasteiger partial charge in [0.1, 0.15) is 6.29 Å². The molecular weight excluding hydrogens is 208 g/mol. The Morgan fingerprint density at radius 2 is 2.06 bits per heavy atom. The van der Waals surface area contributed by atoms with Crippen LogP contribution in [-0.4, -0.2) is 6.29 Å². The molecule has 17 heavy (non-hydrogen) atoms. The number of rotatable bonds is 6. The van der Waals surface area contributed by atoms with Crippen LogP contribution in [-0.2, 0) is 4.79 Å². The Hall–Kier alpha value is -0.590. The van der Waals surface area contributed by atoms with Crippen molar-refractivity contribution in [1.29, 1.82) is 0 Å². The van der Waals surface area contributed by atoms with E-state index in [-0.39, 0.29) is 5.41 Å². The molecule has 3 atom stereocenters. The summed E-state index contributed by atoms with van der Waals surface area (Å²) in [6.07, 6.45) is 11.1. The van der Waals surface area contributed by atoms with Gasteiger partial charge in [-0.15, -0.1) is 0 Å². The van der Waals surface area contributed by atoms with Crippen molar-refractivity contribution < 1.29 is 4.79 Å². The van der Waals surface area contributed by atoms with Crippen molar-refractivity contribution in [2.45, 2.75) is 66.2 Å². The van der Waals surface area contributed by atoms with Crippen LogP contribution < -0.4 is 0 Å². The molecule has 98 valence electrons. The first-order valence-electron chi connectivity index (χ1n) is 7.20. The maximum atomic E-state index is 11.1. The fourth-order valence-electron chi connectivity index (χ4n) is 3.10. The average Bonchev–Trinajstić information content (AvgIpc) is 2.30. The number of carbonyl (C=O) groups is 1. The third kappa shape index (κ3) is 3.97. The SMILES string of the molecule is CCCCCCC1(C)C=C(C=O)C(C)C(C)C1. The van der Waals surface area contributed by atoms with Gasteiger partial charge in [0.25, 0.3) is 0 Å². The molecule has 3 unspecified atom stereocenters. The minimum absolute atomic E-state index is 0.260. The van der Waals surface area contributed by atoms with E-state index in [4.69, 9.17) is 0 Å². The van der Waals surface area contributed by atoms with Crippen LogP contribution in [0.3, 0.4) is 0 Å². The third-order valence-corrected chi connectivity index (χ3v) is 4.42. The first kappa shape index (κ1) is 14.5. The lowest BCUT2D eigenvalue weighted by Gasteiger charge is -2.38.